The van der Waals surface area contributed by atoms with Crippen LogP contribution in [0, 0.1) is 11.6 Å². The molecule has 0 saturated carbocycles. The molecule has 0 aromatic heterocycles. The fourth-order valence-electron chi connectivity index (χ4n) is 1.63. The van der Waals surface area contributed by atoms with Gasteiger partial charge in [-0.15, -0.1) is 0 Å². The number of hydrogen-bond donors (Lipinski definition) is 1. The lowest BCUT2D eigenvalue weighted by atomic mass is 9.81. The van der Waals surface area contributed by atoms with E-state index in [0.29, 0.717) is 0 Å². The Bertz CT molecular complexity index is 398. The normalized spacial score (nSPS) is 12.9. The van der Waals surface area contributed by atoms with Gasteiger partial charge in [-0.2, -0.15) is 0 Å². The number of rotatable bonds is 3. The topological polar surface area (TPSA) is 32.6 Å². The molecule has 2 nitrogen and oxygen atoms in total. The van der Waals surface area contributed by atoms with Crippen LogP contribution in [0.25, 0.3) is 0 Å². The SMILES string of the molecule is CC(C)(CC(Cl)=NO)c1c(F)cccc1F. The van der Waals surface area contributed by atoms with Crippen molar-refractivity contribution in [1.29, 1.82) is 0 Å². The van der Waals surface area contributed by atoms with Gasteiger partial charge in [-0.05, 0) is 12.1 Å². The fourth-order valence-corrected chi connectivity index (χ4v) is 1.97. The van der Waals surface area contributed by atoms with Gasteiger partial charge in [0.15, 0.2) is 0 Å². The van der Waals surface area contributed by atoms with E-state index in [9.17, 15) is 8.78 Å². The predicted molar refractivity (Wildman–Crippen MR) is 59.1 cm³/mol. The highest BCUT2D eigenvalue weighted by molar-refractivity contribution is 6.65. The Balaban J connectivity index is 3.16. The predicted octanol–water partition coefficient (Wildman–Crippen LogP) is 3.66. The zero-order valence-corrected chi connectivity index (χ0v) is 9.72. The second-order valence-corrected chi connectivity index (χ2v) is 4.57. The van der Waals surface area contributed by atoms with Crippen LogP contribution < -0.4 is 0 Å². The van der Waals surface area contributed by atoms with Crippen LogP contribution in [0.3, 0.4) is 0 Å². The molecule has 5 heteroatoms. The fraction of sp³-hybridized carbons (Fsp3) is 0.364. The molecular weight excluding hydrogens is 236 g/mol. The standard InChI is InChI=1S/C11H12ClF2NO/c1-11(2,6-9(12)15-16)10-7(13)4-3-5-8(10)14/h3-5,16H,6H2,1-2H3. The molecule has 0 aliphatic rings. The average molecular weight is 248 g/mol. The van der Waals surface area contributed by atoms with Crippen LogP contribution in [0.1, 0.15) is 25.8 Å². The van der Waals surface area contributed by atoms with Crippen molar-refractivity contribution < 1.29 is 14.0 Å². The number of benzene rings is 1. The molecule has 0 radical (unpaired) electrons. The lowest BCUT2D eigenvalue weighted by Gasteiger charge is -2.25. The van der Waals surface area contributed by atoms with Gasteiger partial charge in [0.1, 0.15) is 16.8 Å². The van der Waals surface area contributed by atoms with Crippen molar-refractivity contribution >= 4 is 16.8 Å². The van der Waals surface area contributed by atoms with E-state index in [0.717, 1.165) is 0 Å². The number of hydrogen-bond acceptors (Lipinski definition) is 2. The molecule has 0 bridgehead atoms. The Hall–Kier alpha value is -1.16. The Morgan fingerprint density at radius 3 is 2.31 bits per heavy atom. The molecule has 1 aromatic carbocycles. The van der Waals surface area contributed by atoms with Gasteiger partial charge in [0.05, 0.1) is 0 Å². The van der Waals surface area contributed by atoms with Crippen molar-refractivity contribution in [2.24, 2.45) is 5.16 Å². The van der Waals surface area contributed by atoms with Gasteiger partial charge in [-0.3, -0.25) is 0 Å². The summed E-state index contributed by atoms with van der Waals surface area (Å²) < 4.78 is 27.0. The Labute approximate surface area is 97.5 Å². The van der Waals surface area contributed by atoms with E-state index in [1.807, 2.05) is 0 Å². The molecule has 0 saturated heterocycles. The molecule has 0 amide bonds. The highest BCUT2D eigenvalue weighted by Crippen LogP contribution is 2.32. The van der Waals surface area contributed by atoms with E-state index in [2.05, 4.69) is 5.16 Å². The Kier molecular flexibility index (Phi) is 3.86. The molecule has 0 atom stereocenters. The van der Waals surface area contributed by atoms with Gasteiger partial charge >= 0.3 is 0 Å². The summed E-state index contributed by atoms with van der Waals surface area (Å²) in [6, 6.07) is 3.67. The van der Waals surface area contributed by atoms with Gasteiger partial charge in [0.2, 0.25) is 0 Å². The lowest BCUT2D eigenvalue weighted by molar-refractivity contribution is 0.317. The molecule has 0 spiro atoms. The van der Waals surface area contributed by atoms with Crippen LogP contribution in [-0.4, -0.2) is 10.4 Å². The molecule has 0 aliphatic carbocycles. The summed E-state index contributed by atoms with van der Waals surface area (Å²) in [7, 11) is 0. The molecule has 1 N–H and O–H groups in total. The number of oxime groups is 1. The van der Waals surface area contributed by atoms with Crippen LogP contribution in [0.15, 0.2) is 23.4 Å². The summed E-state index contributed by atoms with van der Waals surface area (Å²) in [4.78, 5) is 0. The smallest absolute Gasteiger partial charge is 0.146 e. The first kappa shape index (κ1) is 12.9. The maximum atomic E-state index is 13.5. The van der Waals surface area contributed by atoms with Crippen molar-refractivity contribution in [3.8, 4) is 0 Å². The minimum Gasteiger partial charge on any atom is -0.410 e. The second-order valence-electron chi connectivity index (χ2n) is 4.13. The lowest BCUT2D eigenvalue weighted by Crippen LogP contribution is -2.23. The molecule has 16 heavy (non-hydrogen) atoms. The van der Waals surface area contributed by atoms with E-state index in [4.69, 9.17) is 16.8 Å². The third-order valence-electron chi connectivity index (χ3n) is 2.34. The van der Waals surface area contributed by atoms with E-state index in [1.54, 1.807) is 13.8 Å². The minimum atomic E-state index is -0.876. The van der Waals surface area contributed by atoms with E-state index < -0.39 is 17.0 Å². The van der Waals surface area contributed by atoms with Crippen LogP contribution in [0.4, 0.5) is 8.78 Å². The third kappa shape index (κ3) is 2.70. The zero-order valence-electron chi connectivity index (χ0n) is 8.97. The summed E-state index contributed by atoms with van der Waals surface area (Å²) >= 11 is 5.56. The van der Waals surface area contributed by atoms with Gasteiger partial charge in [0, 0.05) is 17.4 Å². The highest BCUT2D eigenvalue weighted by atomic mass is 35.5. The summed E-state index contributed by atoms with van der Waals surface area (Å²) in [6.45, 7) is 3.25. The van der Waals surface area contributed by atoms with Crippen molar-refractivity contribution in [1.82, 2.24) is 0 Å². The number of nitrogens with zero attached hydrogens (tertiary/aromatic N) is 1. The monoisotopic (exact) mass is 247 g/mol. The second kappa shape index (κ2) is 4.78. The Morgan fingerprint density at radius 2 is 1.88 bits per heavy atom. The average Bonchev–Trinajstić information content (AvgIpc) is 2.16. The van der Waals surface area contributed by atoms with Crippen molar-refractivity contribution in [3.05, 3.63) is 35.4 Å². The molecular formula is C11H12ClF2NO. The van der Waals surface area contributed by atoms with Crippen molar-refractivity contribution in [2.75, 3.05) is 0 Å². The maximum absolute atomic E-state index is 13.5. The number of halogens is 3. The van der Waals surface area contributed by atoms with Gasteiger partial charge in [-0.25, -0.2) is 8.78 Å². The molecule has 1 rings (SSSR count). The molecule has 0 fully saturated rings. The summed E-state index contributed by atoms with van der Waals surface area (Å²) in [5, 5.41) is 11.2. The van der Waals surface area contributed by atoms with Gasteiger partial charge in [0.25, 0.3) is 0 Å². The first-order chi connectivity index (χ1) is 7.38. The molecule has 1 aromatic rings. The summed E-state index contributed by atoms with van der Waals surface area (Å²) in [5.41, 5.74) is -0.935. The highest BCUT2D eigenvalue weighted by Gasteiger charge is 2.29. The van der Waals surface area contributed by atoms with Crippen LogP contribution in [-0.2, 0) is 5.41 Å². The third-order valence-corrected chi connectivity index (χ3v) is 2.55. The van der Waals surface area contributed by atoms with E-state index >= 15 is 0 Å². The molecule has 0 unspecified atom stereocenters. The van der Waals surface area contributed by atoms with Crippen molar-refractivity contribution in [2.45, 2.75) is 25.7 Å². The van der Waals surface area contributed by atoms with Crippen molar-refractivity contribution in [3.63, 3.8) is 0 Å². The molecule has 0 heterocycles. The van der Waals surface area contributed by atoms with E-state index in [-0.39, 0.29) is 17.2 Å². The molecule has 88 valence electrons. The quantitative estimate of drug-likeness (QED) is 0.494. The minimum absolute atomic E-state index is 0.0584. The Morgan fingerprint density at radius 1 is 1.38 bits per heavy atom. The van der Waals surface area contributed by atoms with Crippen LogP contribution >= 0.6 is 11.6 Å². The first-order valence-corrected chi connectivity index (χ1v) is 5.07. The van der Waals surface area contributed by atoms with E-state index in [1.165, 1.54) is 18.2 Å². The van der Waals surface area contributed by atoms with Gasteiger partial charge < -0.3 is 5.21 Å². The van der Waals surface area contributed by atoms with Gasteiger partial charge in [-0.1, -0.05) is 36.7 Å². The largest absolute Gasteiger partial charge is 0.410 e. The zero-order chi connectivity index (χ0) is 12.3. The van der Waals surface area contributed by atoms with Crippen LogP contribution in [0.2, 0.25) is 0 Å². The molecule has 0 aliphatic heterocycles. The summed E-state index contributed by atoms with van der Waals surface area (Å²) in [5.74, 6) is -1.26. The summed E-state index contributed by atoms with van der Waals surface area (Å²) in [6.07, 6.45) is 0.0584. The maximum Gasteiger partial charge on any atom is 0.146 e. The first-order valence-electron chi connectivity index (χ1n) is 4.69. The van der Waals surface area contributed by atoms with Crippen LogP contribution in [0.5, 0.6) is 0 Å².